The van der Waals surface area contributed by atoms with Gasteiger partial charge in [0.1, 0.15) is 0 Å². The van der Waals surface area contributed by atoms with Crippen LogP contribution in [0.25, 0.3) is 66.9 Å². The van der Waals surface area contributed by atoms with Crippen LogP contribution in [0.4, 0.5) is 0 Å². The van der Waals surface area contributed by atoms with Crippen LogP contribution in [0, 0.1) is 0 Å². The summed E-state index contributed by atoms with van der Waals surface area (Å²) in [6.45, 7) is 0. The molecular weight excluding hydrogens is 685 g/mol. The molecule has 1 aromatic heterocycles. The van der Waals surface area contributed by atoms with E-state index in [0.717, 1.165) is 46.4 Å². The van der Waals surface area contributed by atoms with E-state index < -0.39 is 0 Å². The second-order valence-corrected chi connectivity index (χ2v) is 15.2. The van der Waals surface area contributed by atoms with Gasteiger partial charge in [0.05, 0.1) is 11.2 Å². The average molecular weight is 721 g/mol. The van der Waals surface area contributed by atoms with Gasteiger partial charge in [-0.1, -0.05) is 182 Å². The summed E-state index contributed by atoms with van der Waals surface area (Å²) in [6.07, 6.45) is 1.75. The van der Waals surface area contributed by atoms with E-state index in [4.69, 9.17) is 9.97 Å². The van der Waals surface area contributed by atoms with Gasteiger partial charge < -0.3 is 0 Å². The van der Waals surface area contributed by atoms with Gasteiger partial charge in [0.25, 0.3) is 0 Å². The molecule has 0 fully saturated rings. The van der Waals surface area contributed by atoms with E-state index in [1.54, 1.807) is 0 Å². The van der Waals surface area contributed by atoms with Gasteiger partial charge in [0.15, 0.2) is 5.82 Å². The van der Waals surface area contributed by atoms with Crippen molar-refractivity contribution in [1.82, 2.24) is 9.97 Å². The van der Waals surface area contributed by atoms with Gasteiger partial charge in [-0.15, -0.1) is 0 Å². The van der Waals surface area contributed by atoms with Crippen molar-refractivity contribution in [2.75, 3.05) is 0 Å². The summed E-state index contributed by atoms with van der Waals surface area (Å²) in [4.78, 5) is 12.8. The lowest BCUT2D eigenvalue weighted by Crippen LogP contribution is -1.98. The smallest absolute Gasteiger partial charge is 0.160 e. The standard InChI is InChI=1S/C52H36N2S/c1-2-12-35(13-3-1)36-24-28-39(29-25-36)52-53-48-19-9-8-18-46(48)51(54-52)38-26-22-37(23-27-38)40-30-31-42-33-44-16-6-11-21-50(44)55-49-20-10-5-15-43(49)32-41-14-4-7-17-45(41)47(42)34-40/h1-31,34H,32-33H2. The largest absolute Gasteiger partial charge is 0.228 e. The number of rotatable bonds is 4. The predicted octanol–water partition coefficient (Wildman–Crippen LogP) is 13.6. The molecule has 8 aromatic carbocycles. The van der Waals surface area contributed by atoms with E-state index in [0.29, 0.717) is 0 Å². The third-order valence-electron chi connectivity index (χ3n) is 10.7. The Balaban J connectivity index is 1.04. The number of nitrogens with zero attached hydrogens (tertiary/aromatic N) is 2. The second kappa shape index (κ2) is 14.4. The molecule has 0 aliphatic carbocycles. The molecular formula is C52H36N2S. The number of aromatic nitrogens is 2. The molecule has 10 rings (SSSR count). The molecule has 3 heteroatoms. The van der Waals surface area contributed by atoms with E-state index in [1.165, 1.54) is 65.4 Å². The van der Waals surface area contributed by atoms with Gasteiger partial charge in [-0.25, -0.2) is 9.97 Å². The Bertz CT molecular complexity index is 2820. The zero-order chi connectivity index (χ0) is 36.6. The third kappa shape index (κ3) is 6.54. The van der Waals surface area contributed by atoms with Crippen LogP contribution >= 0.6 is 11.8 Å². The van der Waals surface area contributed by atoms with Crippen LogP contribution in [-0.4, -0.2) is 9.97 Å². The lowest BCUT2D eigenvalue weighted by atomic mass is 9.87. The van der Waals surface area contributed by atoms with Crippen LogP contribution in [0.15, 0.2) is 204 Å². The van der Waals surface area contributed by atoms with Crippen molar-refractivity contribution in [2.45, 2.75) is 22.6 Å². The Morgan fingerprint density at radius 1 is 0.345 bits per heavy atom. The van der Waals surface area contributed by atoms with E-state index in [9.17, 15) is 0 Å². The van der Waals surface area contributed by atoms with Crippen molar-refractivity contribution in [1.29, 1.82) is 0 Å². The van der Waals surface area contributed by atoms with Crippen LogP contribution in [0.3, 0.4) is 0 Å². The average Bonchev–Trinajstić information content (AvgIpc) is 3.27. The highest BCUT2D eigenvalue weighted by Gasteiger charge is 2.18. The quantitative estimate of drug-likeness (QED) is 0.181. The van der Waals surface area contributed by atoms with Gasteiger partial charge in [-0.05, 0) is 92.7 Å². The fraction of sp³-hybridized carbons (Fsp3) is 0.0385. The predicted molar refractivity (Wildman–Crippen MR) is 229 cm³/mol. The molecule has 0 N–H and O–H groups in total. The van der Waals surface area contributed by atoms with Crippen LogP contribution in [0.5, 0.6) is 0 Å². The molecule has 0 spiro atoms. The molecule has 9 aromatic rings. The summed E-state index contributed by atoms with van der Waals surface area (Å²) < 4.78 is 0. The second-order valence-electron chi connectivity index (χ2n) is 14.1. The number of para-hydroxylation sites is 1. The zero-order valence-electron chi connectivity index (χ0n) is 30.2. The Morgan fingerprint density at radius 2 is 0.855 bits per heavy atom. The van der Waals surface area contributed by atoms with Crippen LogP contribution in [-0.2, 0) is 12.8 Å². The fourth-order valence-corrected chi connectivity index (χ4v) is 8.89. The highest BCUT2D eigenvalue weighted by atomic mass is 32.2. The zero-order valence-corrected chi connectivity index (χ0v) is 31.0. The number of hydrogen-bond acceptors (Lipinski definition) is 3. The van der Waals surface area contributed by atoms with Gasteiger partial charge in [-0.3, -0.25) is 0 Å². The van der Waals surface area contributed by atoms with Gasteiger partial charge >= 0.3 is 0 Å². The Hall–Kier alpha value is -6.55. The van der Waals surface area contributed by atoms with E-state index in [1.807, 2.05) is 23.9 Å². The summed E-state index contributed by atoms with van der Waals surface area (Å²) in [5.74, 6) is 0.725. The van der Waals surface area contributed by atoms with E-state index in [2.05, 4.69) is 182 Å². The first-order valence-electron chi connectivity index (χ1n) is 18.8. The summed E-state index contributed by atoms with van der Waals surface area (Å²) in [6, 6.07) is 69.9. The molecule has 0 saturated heterocycles. The maximum absolute atomic E-state index is 5.19. The monoisotopic (exact) mass is 720 g/mol. The fourth-order valence-electron chi connectivity index (χ4n) is 7.81. The van der Waals surface area contributed by atoms with Gasteiger partial charge in [0, 0.05) is 26.3 Å². The SMILES string of the molecule is c1ccc(-c2ccc(-c3nc(-c4ccc(-c5ccc6c(c5)-c5ccccc5Cc5ccccc5Sc5ccccc5C6)cc4)c4ccccc4n3)cc2)cc1. The first kappa shape index (κ1) is 33.1. The minimum absolute atomic E-state index is 0.725. The van der Waals surface area contributed by atoms with Gasteiger partial charge in [-0.2, -0.15) is 0 Å². The molecule has 0 unspecified atom stereocenters. The molecule has 0 bridgehead atoms. The first-order chi connectivity index (χ1) is 27.2. The number of hydrogen-bond donors (Lipinski definition) is 0. The Labute approximate surface area is 326 Å². The molecule has 0 saturated carbocycles. The topological polar surface area (TPSA) is 25.8 Å². The minimum atomic E-state index is 0.725. The third-order valence-corrected chi connectivity index (χ3v) is 11.9. The molecule has 1 aliphatic rings. The molecule has 0 radical (unpaired) electrons. The van der Waals surface area contributed by atoms with Crippen molar-refractivity contribution in [3.63, 3.8) is 0 Å². The van der Waals surface area contributed by atoms with Crippen LogP contribution in [0.2, 0.25) is 0 Å². The first-order valence-corrected chi connectivity index (χ1v) is 19.6. The van der Waals surface area contributed by atoms with Gasteiger partial charge in [0.2, 0.25) is 0 Å². The van der Waals surface area contributed by atoms with Crippen molar-refractivity contribution < 1.29 is 0 Å². The lowest BCUT2D eigenvalue weighted by Gasteiger charge is -2.17. The molecule has 2 heterocycles. The number of benzene rings is 8. The van der Waals surface area contributed by atoms with Crippen molar-refractivity contribution in [2.24, 2.45) is 0 Å². The lowest BCUT2D eigenvalue weighted by molar-refractivity contribution is 1.13. The molecule has 0 atom stereocenters. The molecule has 2 nitrogen and oxygen atoms in total. The van der Waals surface area contributed by atoms with Crippen molar-refractivity contribution in [3.05, 3.63) is 216 Å². The molecule has 1 aliphatic heterocycles. The highest BCUT2D eigenvalue weighted by Crippen LogP contribution is 2.40. The van der Waals surface area contributed by atoms with E-state index >= 15 is 0 Å². The molecule has 260 valence electrons. The van der Waals surface area contributed by atoms with E-state index in [-0.39, 0.29) is 0 Å². The maximum atomic E-state index is 5.19. The van der Waals surface area contributed by atoms with Crippen LogP contribution in [0.1, 0.15) is 22.3 Å². The number of fused-ring (bicyclic) bond motifs is 6. The highest BCUT2D eigenvalue weighted by molar-refractivity contribution is 7.99. The summed E-state index contributed by atoms with van der Waals surface area (Å²) in [5.41, 5.74) is 16.7. The molecule has 0 amide bonds. The minimum Gasteiger partial charge on any atom is -0.228 e. The normalized spacial score (nSPS) is 12.1. The summed E-state index contributed by atoms with van der Waals surface area (Å²) >= 11 is 1.89. The summed E-state index contributed by atoms with van der Waals surface area (Å²) in [5, 5.41) is 1.04. The maximum Gasteiger partial charge on any atom is 0.160 e. The Morgan fingerprint density at radius 3 is 1.58 bits per heavy atom. The van der Waals surface area contributed by atoms with Crippen molar-refractivity contribution >= 4 is 22.7 Å². The summed E-state index contributed by atoms with van der Waals surface area (Å²) in [7, 11) is 0. The Kier molecular flexibility index (Phi) is 8.63. The van der Waals surface area contributed by atoms with Crippen molar-refractivity contribution in [3.8, 4) is 56.0 Å². The molecule has 55 heavy (non-hydrogen) atoms. The van der Waals surface area contributed by atoms with Crippen LogP contribution < -0.4 is 0 Å².